The Labute approximate surface area is 147 Å². The lowest BCUT2D eigenvalue weighted by Gasteiger charge is -2.28. The summed E-state index contributed by atoms with van der Waals surface area (Å²) in [5.74, 6) is -0.719. The summed E-state index contributed by atoms with van der Waals surface area (Å²) in [5, 5.41) is 1.83. The first-order valence-electron chi connectivity index (χ1n) is 7.96. The van der Waals surface area contributed by atoms with E-state index in [4.69, 9.17) is 4.74 Å². The van der Waals surface area contributed by atoms with Crippen LogP contribution in [0, 0.1) is 0 Å². The predicted molar refractivity (Wildman–Crippen MR) is 92.0 cm³/mol. The molecule has 0 amide bonds. The molecule has 1 heterocycles. The second-order valence-electron chi connectivity index (χ2n) is 6.17. The van der Waals surface area contributed by atoms with Crippen LogP contribution in [-0.4, -0.2) is 5.97 Å². The van der Waals surface area contributed by atoms with Gasteiger partial charge in [0, 0.05) is 17.1 Å². The van der Waals surface area contributed by atoms with Gasteiger partial charge in [-0.15, -0.1) is 0 Å². The number of hydrogen-bond donors (Lipinski definition) is 0. The van der Waals surface area contributed by atoms with Crippen molar-refractivity contribution in [2.75, 3.05) is 0 Å². The van der Waals surface area contributed by atoms with E-state index in [0.717, 1.165) is 28.5 Å². The van der Waals surface area contributed by atoms with Crippen LogP contribution in [0.15, 0.2) is 72.8 Å². The lowest BCUT2D eigenvalue weighted by Crippen LogP contribution is -2.24. The van der Waals surface area contributed by atoms with E-state index in [9.17, 15) is 18.0 Å². The topological polar surface area (TPSA) is 26.3 Å². The van der Waals surface area contributed by atoms with Crippen molar-refractivity contribution < 1.29 is 22.7 Å². The third-order valence-corrected chi connectivity index (χ3v) is 4.60. The Morgan fingerprint density at radius 2 is 1.62 bits per heavy atom. The fourth-order valence-corrected chi connectivity index (χ4v) is 3.35. The number of esters is 1. The van der Waals surface area contributed by atoms with Crippen LogP contribution >= 0.6 is 0 Å². The smallest absolute Gasteiger partial charge is 0.416 e. The minimum Gasteiger partial charge on any atom is -0.423 e. The first-order valence-corrected chi connectivity index (χ1v) is 7.96. The lowest BCUT2D eigenvalue weighted by atomic mass is 9.81. The van der Waals surface area contributed by atoms with Crippen LogP contribution in [-0.2, 0) is 11.0 Å². The van der Waals surface area contributed by atoms with E-state index in [0.29, 0.717) is 11.3 Å². The van der Waals surface area contributed by atoms with Gasteiger partial charge in [-0.3, -0.25) is 0 Å². The molecule has 1 aliphatic rings. The van der Waals surface area contributed by atoms with Crippen molar-refractivity contribution in [1.82, 2.24) is 0 Å². The molecule has 1 atom stereocenters. The highest BCUT2D eigenvalue weighted by Gasteiger charge is 2.35. The van der Waals surface area contributed by atoms with Crippen molar-refractivity contribution in [1.29, 1.82) is 0 Å². The highest BCUT2D eigenvalue weighted by atomic mass is 19.4. The molecule has 3 aromatic rings. The van der Waals surface area contributed by atoms with Crippen LogP contribution in [0.5, 0.6) is 5.75 Å². The van der Waals surface area contributed by atoms with Crippen molar-refractivity contribution in [3.8, 4) is 5.75 Å². The third kappa shape index (κ3) is 2.56. The van der Waals surface area contributed by atoms with Crippen molar-refractivity contribution in [2.24, 2.45) is 0 Å². The zero-order chi connectivity index (χ0) is 18.5. The number of fused-ring (bicyclic) bond motifs is 3. The fourth-order valence-electron chi connectivity index (χ4n) is 3.35. The Morgan fingerprint density at radius 1 is 0.923 bits per heavy atom. The maximum Gasteiger partial charge on any atom is 0.416 e. The molecule has 0 saturated heterocycles. The van der Waals surface area contributed by atoms with Gasteiger partial charge in [-0.2, -0.15) is 13.2 Å². The van der Waals surface area contributed by atoms with Gasteiger partial charge in [-0.1, -0.05) is 49.0 Å². The summed E-state index contributed by atoms with van der Waals surface area (Å²) in [7, 11) is 0. The number of alkyl halides is 3. The van der Waals surface area contributed by atoms with E-state index in [1.807, 2.05) is 30.3 Å². The molecule has 2 nitrogen and oxygen atoms in total. The molecule has 3 aromatic carbocycles. The van der Waals surface area contributed by atoms with Gasteiger partial charge < -0.3 is 4.74 Å². The summed E-state index contributed by atoms with van der Waals surface area (Å²) in [4.78, 5) is 12.2. The van der Waals surface area contributed by atoms with Crippen LogP contribution in [0.25, 0.3) is 10.8 Å². The molecule has 0 radical (unpaired) electrons. The van der Waals surface area contributed by atoms with Gasteiger partial charge in [0.05, 0.1) is 5.56 Å². The van der Waals surface area contributed by atoms with Gasteiger partial charge in [-0.25, -0.2) is 4.79 Å². The van der Waals surface area contributed by atoms with Crippen LogP contribution < -0.4 is 4.74 Å². The van der Waals surface area contributed by atoms with E-state index >= 15 is 0 Å². The van der Waals surface area contributed by atoms with Gasteiger partial charge in [0.1, 0.15) is 5.75 Å². The Balaban J connectivity index is 1.93. The maximum atomic E-state index is 12.9. The molecular formula is C21H13F3O2. The summed E-state index contributed by atoms with van der Waals surface area (Å²) in [6.07, 6.45) is -4.41. The molecule has 26 heavy (non-hydrogen) atoms. The molecule has 0 N–H and O–H groups in total. The number of carbonyl (C=O) groups is 1. The van der Waals surface area contributed by atoms with Gasteiger partial charge >= 0.3 is 12.1 Å². The van der Waals surface area contributed by atoms with Crippen LogP contribution in [0.2, 0.25) is 0 Å². The zero-order valence-corrected chi connectivity index (χ0v) is 13.5. The molecule has 0 saturated carbocycles. The van der Waals surface area contributed by atoms with Crippen molar-refractivity contribution in [3.05, 3.63) is 89.5 Å². The Hall–Kier alpha value is -3.08. The van der Waals surface area contributed by atoms with Gasteiger partial charge in [0.2, 0.25) is 0 Å². The number of halogens is 3. The molecule has 4 rings (SSSR count). The number of benzene rings is 3. The monoisotopic (exact) mass is 354 g/mol. The van der Waals surface area contributed by atoms with E-state index in [-0.39, 0.29) is 5.57 Å². The SMILES string of the molecule is C=C1C(=O)Oc2ccc3ccccc3c2C1c1ccc(C(F)(F)F)cc1. The van der Waals surface area contributed by atoms with Crippen LogP contribution in [0.4, 0.5) is 13.2 Å². The normalized spacial score (nSPS) is 17.1. The Kier molecular flexibility index (Phi) is 3.61. The quantitative estimate of drug-likeness (QED) is 0.329. The van der Waals surface area contributed by atoms with Gasteiger partial charge in [0.25, 0.3) is 0 Å². The largest absolute Gasteiger partial charge is 0.423 e. The highest BCUT2D eigenvalue weighted by molar-refractivity contribution is 5.99. The average Bonchev–Trinajstić information content (AvgIpc) is 2.62. The molecule has 0 aromatic heterocycles. The fraction of sp³-hybridized carbons (Fsp3) is 0.0952. The molecule has 0 spiro atoms. The summed E-state index contributed by atoms with van der Waals surface area (Å²) in [6.45, 7) is 3.83. The average molecular weight is 354 g/mol. The standard InChI is InChI=1S/C21H13F3O2/c1-12-18(14-6-9-15(10-7-14)21(22,23)24)19-16-5-3-2-4-13(16)8-11-17(19)26-20(12)25/h2-11,18H,1H2. The van der Waals surface area contributed by atoms with Crippen molar-refractivity contribution >= 4 is 16.7 Å². The Bertz CT molecular complexity index is 1030. The molecule has 0 aliphatic carbocycles. The summed E-state index contributed by atoms with van der Waals surface area (Å²) in [6, 6.07) is 16.0. The first kappa shape index (κ1) is 16.4. The minimum absolute atomic E-state index is 0.202. The predicted octanol–water partition coefficient (Wildman–Crippen LogP) is 5.47. The van der Waals surface area contributed by atoms with E-state index in [1.165, 1.54) is 12.1 Å². The van der Waals surface area contributed by atoms with E-state index < -0.39 is 23.6 Å². The van der Waals surface area contributed by atoms with E-state index in [1.54, 1.807) is 6.07 Å². The molecule has 130 valence electrons. The second kappa shape index (κ2) is 5.73. The number of hydrogen-bond acceptors (Lipinski definition) is 2. The van der Waals surface area contributed by atoms with Crippen LogP contribution in [0.3, 0.4) is 0 Å². The highest BCUT2D eigenvalue weighted by Crippen LogP contribution is 2.45. The molecule has 1 unspecified atom stereocenters. The van der Waals surface area contributed by atoms with E-state index in [2.05, 4.69) is 6.58 Å². The molecular weight excluding hydrogens is 341 g/mol. The minimum atomic E-state index is -4.41. The number of ether oxygens (including phenoxy) is 1. The summed E-state index contributed by atoms with van der Waals surface area (Å²) >= 11 is 0. The molecule has 5 heteroatoms. The zero-order valence-electron chi connectivity index (χ0n) is 13.5. The number of carbonyl (C=O) groups excluding carboxylic acids is 1. The number of rotatable bonds is 1. The van der Waals surface area contributed by atoms with Crippen molar-refractivity contribution in [2.45, 2.75) is 12.1 Å². The third-order valence-electron chi connectivity index (χ3n) is 4.60. The van der Waals surface area contributed by atoms with Crippen LogP contribution in [0.1, 0.15) is 22.6 Å². The first-order chi connectivity index (χ1) is 12.4. The maximum absolute atomic E-state index is 12.9. The molecule has 0 fully saturated rings. The van der Waals surface area contributed by atoms with Gasteiger partial charge in [0.15, 0.2) is 0 Å². The summed E-state index contributed by atoms with van der Waals surface area (Å²) < 4.78 is 43.9. The second-order valence-corrected chi connectivity index (χ2v) is 6.17. The molecule has 1 aliphatic heterocycles. The lowest BCUT2D eigenvalue weighted by molar-refractivity contribution is -0.137. The Morgan fingerprint density at radius 3 is 2.31 bits per heavy atom. The van der Waals surface area contributed by atoms with Gasteiger partial charge in [-0.05, 0) is 34.5 Å². The van der Waals surface area contributed by atoms with Crippen molar-refractivity contribution in [3.63, 3.8) is 0 Å². The molecule has 0 bridgehead atoms. The summed E-state index contributed by atoms with van der Waals surface area (Å²) in [5.41, 5.74) is 0.779.